The molecular formula is C24H32N4O5S. The maximum absolute atomic E-state index is 13.3. The molecule has 2 saturated heterocycles. The van der Waals surface area contributed by atoms with Crippen LogP contribution in [-0.4, -0.2) is 69.7 Å². The molecule has 2 aliphatic rings. The van der Waals surface area contributed by atoms with Crippen molar-refractivity contribution in [2.75, 3.05) is 48.5 Å². The molecule has 34 heavy (non-hydrogen) atoms. The molecule has 0 unspecified atom stereocenters. The number of anilines is 2. The first kappa shape index (κ1) is 24.4. The third-order valence-corrected chi connectivity index (χ3v) is 8.56. The molecule has 1 atom stereocenters. The quantitative estimate of drug-likeness (QED) is 0.435. The molecule has 0 amide bonds. The first-order chi connectivity index (χ1) is 16.3. The third kappa shape index (κ3) is 5.03. The van der Waals surface area contributed by atoms with Gasteiger partial charge in [-0.3, -0.25) is 19.3 Å². The van der Waals surface area contributed by atoms with Gasteiger partial charge in [-0.25, -0.2) is 8.42 Å². The van der Waals surface area contributed by atoms with E-state index in [0.29, 0.717) is 30.5 Å². The number of nitro benzene ring substituents is 1. The van der Waals surface area contributed by atoms with Crippen LogP contribution < -0.4 is 9.21 Å². The van der Waals surface area contributed by atoms with E-state index in [1.165, 1.54) is 16.4 Å². The van der Waals surface area contributed by atoms with Gasteiger partial charge in [0.15, 0.2) is 0 Å². The van der Waals surface area contributed by atoms with E-state index in [2.05, 4.69) is 11.8 Å². The second-order valence-corrected chi connectivity index (χ2v) is 10.7. The normalized spacial score (nSPS) is 20.3. The van der Waals surface area contributed by atoms with E-state index in [1.54, 1.807) is 37.3 Å². The summed E-state index contributed by atoms with van der Waals surface area (Å²) in [5, 5.41) is 11.9. The lowest BCUT2D eigenvalue weighted by molar-refractivity contribution is -0.384. The summed E-state index contributed by atoms with van der Waals surface area (Å²) < 4.78 is 33.6. The lowest BCUT2D eigenvalue weighted by atomic mass is 10.0. The number of benzene rings is 2. The topological polar surface area (TPSA) is 96.2 Å². The molecule has 2 aromatic rings. The van der Waals surface area contributed by atoms with Crippen molar-refractivity contribution in [1.82, 2.24) is 4.90 Å². The molecule has 0 saturated carbocycles. The first-order valence-electron chi connectivity index (χ1n) is 11.8. The van der Waals surface area contributed by atoms with Gasteiger partial charge in [0.1, 0.15) is 5.69 Å². The van der Waals surface area contributed by atoms with Crippen molar-refractivity contribution in [3.63, 3.8) is 0 Å². The molecule has 2 aliphatic heterocycles. The van der Waals surface area contributed by atoms with Crippen molar-refractivity contribution < 1.29 is 18.1 Å². The number of hydrogen-bond acceptors (Lipinski definition) is 7. The van der Waals surface area contributed by atoms with Crippen LogP contribution in [0.4, 0.5) is 17.1 Å². The number of sulfonamides is 1. The van der Waals surface area contributed by atoms with E-state index in [-0.39, 0.29) is 23.2 Å². The van der Waals surface area contributed by atoms with Gasteiger partial charge in [-0.05, 0) is 51.0 Å². The van der Waals surface area contributed by atoms with Crippen molar-refractivity contribution in [2.24, 2.45) is 0 Å². The Morgan fingerprint density at radius 1 is 1.12 bits per heavy atom. The van der Waals surface area contributed by atoms with Gasteiger partial charge in [-0.1, -0.05) is 18.2 Å². The fourth-order valence-corrected chi connectivity index (χ4v) is 6.43. The summed E-state index contributed by atoms with van der Waals surface area (Å²) in [6.07, 6.45) is 2.03. The van der Waals surface area contributed by atoms with Crippen LogP contribution in [0.1, 0.15) is 26.7 Å². The summed E-state index contributed by atoms with van der Waals surface area (Å²) in [7, 11) is -3.94. The summed E-state index contributed by atoms with van der Waals surface area (Å²) in [4.78, 5) is 15.8. The Kier molecular flexibility index (Phi) is 7.39. The summed E-state index contributed by atoms with van der Waals surface area (Å²) in [6.45, 7) is 7.98. The van der Waals surface area contributed by atoms with Crippen LogP contribution in [-0.2, 0) is 14.8 Å². The number of nitro groups is 1. The number of morpholine rings is 1. The fourth-order valence-electron chi connectivity index (χ4n) is 4.94. The average Bonchev–Trinajstić information content (AvgIpc) is 2.84. The number of hydrogen-bond donors (Lipinski definition) is 0. The zero-order valence-corrected chi connectivity index (χ0v) is 20.5. The van der Waals surface area contributed by atoms with Crippen LogP contribution in [0.5, 0.6) is 0 Å². The number of nitrogens with zero attached hydrogens (tertiary/aromatic N) is 4. The summed E-state index contributed by atoms with van der Waals surface area (Å²) in [6, 6.07) is 13.5. The first-order valence-corrected chi connectivity index (χ1v) is 13.2. The van der Waals surface area contributed by atoms with Gasteiger partial charge in [-0.2, -0.15) is 0 Å². The molecule has 2 heterocycles. The molecule has 184 valence electrons. The maximum atomic E-state index is 13.3. The monoisotopic (exact) mass is 488 g/mol. The molecule has 4 rings (SSSR count). The number of rotatable bonds is 7. The molecular weight excluding hydrogens is 456 g/mol. The van der Waals surface area contributed by atoms with Crippen LogP contribution in [0.15, 0.2) is 53.4 Å². The van der Waals surface area contributed by atoms with Crippen LogP contribution in [0, 0.1) is 10.1 Å². The van der Waals surface area contributed by atoms with Gasteiger partial charge >= 0.3 is 0 Å². The second kappa shape index (κ2) is 10.3. The lowest BCUT2D eigenvalue weighted by Gasteiger charge is -2.42. The van der Waals surface area contributed by atoms with Crippen LogP contribution in [0.3, 0.4) is 0 Å². The number of piperidine rings is 1. The Morgan fingerprint density at radius 3 is 2.44 bits per heavy atom. The molecule has 0 N–H and O–H groups in total. The van der Waals surface area contributed by atoms with Crippen LogP contribution >= 0.6 is 0 Å². The molecule has 0 aliphatic carbocycles. The van der Waals surface area contributed by atoms with E-state index in [0.717, 1.165) is 32.5 Å². The van der Waals surface area contributed by atoms with Crippen molar-refractivity contribution in [3.8, 4) is 0 Å². The predicted molar refractivity (Wildman–Crippen MR) is 132 cm³/mol. The molecule has 2 fully saturated rings. The van der Waals surface area contributed by atoms with E-state index < -0.39 is 14.9 Å². The zero-order chi connectivity index (χ0) is 24.3. The van der Waals surface area contributed by atoms with Crippen molar-refractivity contribution in [1.29, 1.82) is 0 Å². The highest BCUT2D eigenvalue weighted by molar-refractivity contribution is 7.92. The molecule has 10 heteroatoms. The van der Waals surface area contributed by atoms with E-state index in [9.17, 15) is 18.5 Å². The van der Waals surface area contributed by atoms with E-state index in [1.807, 2.05) is 11.0 Å². The molecule has 0 bridgehead atoms. The molecule has 0 spiro atoms. The van der Waals surface area contributed by atoms with Crippen LogP contribution in [0.2, 0.25) is 0 Å². The summed E-state index contributed by atoms with van der Waals surface area (Å²) >= 11 is 0. The summed E-state index contributed by atoms with van der Waals surface area (Å²) in [5.74, 6) is 0. The standard InChI is InChI=1S/C24H32N4O5S/c1-3-27(21-7-5-4-6-8-21)34(31,32)22-9-10-23(24(17-22)28(29)30)25-13-11-20(12-14-25)26-15-16-33-19(2)18-26/h4-10,17,19-20H,3,11-16,18H2,1-2H3/t19-/m0/s1. The van der Waals surface area contributed by atoms with Gasteiger partial charge in [0.05, 0.1) is 28.2 Å². The smallest absolute Gasteiger partial charge is 0.293 e. The minimum Gasteiger partial charge on any atom is -0.376 e. The van der Waals surface area contributed by atoms with Crippen molar-refractivity contribution in [3.05, 3.63) is 58.6 Å². The average molecular weight is 489 g/mol. The van der Waals surface area contributed by atoms with Gasteiger partial charge in [0.25, 0.3) is 15.7 Å². The van der Waals surface area contributed by atoms with E-state index >= 15 is 0 Å². The number of para-hydroxylation sites is 1. The maximum Gasteiger partial charge on any atom is 0.293 e. The Labute approximate surface area is 201 Å². The van der Waals surface area contributed by atoms with Gasteiger partial charge < -0.3 is 9.64 Å². The van der Waals surface area contributed by atoms with Gasteiger partial charge in [0.2, 0.25) is 0 Å². The lowest BCUT2D eigenvalue weighted by Crippen LogP contribution is -2.51. The third-order valence-electron chi connectivity index (χ3n) is 6.66. The van der Waals surface area contributed by atoms with Crippen LogP contribution in [0.25, 0.3) is 0 Å². The molecule has 0 aromatic heterocycles. The van der Waals surface area contributed by atoms with Crippen molar-refractivity contribution >= 4 is 27.1 Å². The Morgan fingerprint density at radius 2 is 1.82 bits per heavy atom. The Hall–Kier alpha value is -2.69. The highest BCUT2D eigenvalue weighted by Gasteiger charge is 2.32. The minimum absolute atomic E-state index is 0.0779. The van der Waals surface area contributed by atoms with Crippen molar-refractivity contribution in [2.45, 2.75) is 43.7 Å². The highest BCUT2D eigenvalue weighted by Crippen LogP contribution is 2.35. The van der Waals surface area contributed by atoms with Gasteiger partial charge in [-0.15, -0.1) is 0 Å². The van der Waals surface area contributed by atoms with E-state index in [4.69, 9.17) is 4.74 Å². The Bertz CT molecular complexity index is 1100. The minimum atomic E-state index is -3.94. The predicted octanol–water partition coefficient (Wildman–Crippen LogP) is 3.50. The SMILES string of the molecule is CCN(c1ccccc1)S(=O)(=O)c1ccc(N2CCC(N3CCO[C@@H](C)C3)CC2)c([N+](=O)[O-])c1. The molecule has 0 radical (unpaired) electrons. The Balaban J connectivity index is 1.55. The van der Waals surface area contributed by atoms with Gasteiger partial charge in [0, 0.05) is 44.8 Å². The highest BCUT2D eigenvalue weighted by atomic mass is 32.2. The molecule has 9 nitrogen and oxygen atoms in total. The number of ether oxygens (including phenoxy) is 1. The zero-order valence-electron chi connectivity index (χ0n) is 19.7. The second-order valence-electron chi connectivity index (χ2n) is 8.81. The largest absolute Gasteiger partial charge is 0.376 e. The summed E-state index contributed by atoms with van der Waals surface area (Å²) in [5.41, 5.74) is 0.820. The fraction of sp³-hybridized carbons (Fsp3) is 0.500. The molecule has 2 aromatic carbocycles.